The number of nitrogens with zero attached hydrogens (tertiary/aromatic N) is 2. The summed E-state index contributed by atoms with van der Waals surface area (Å²) in [6.45, 7) is 5.92. The lowest BCUT2D eigenvalue weighted by Crippen LogP contribution is -2.08. The van der Waals surface area contributed by atoms with Crippen LogP contribution in [0.4, 0.5) is 0 Å². The van der Waals surface area contributed by atoms with Gasteiger partial charge in [-0.05, 0) is 97.6 Å². The standard InChI is InChI=1S/C18H12ClNOS.C17H12Cl3NS.C17H13Cl2NOS.C17H13Cl2NS/c1-2-12-7-3-4-8-13(12)11-22-18-15-10-6-5-9-14(15)16(19)17(21)20-18;1-10-16(20)14-7-6-13(19)8-15(14)17(21-10)22-9-11-2-4-12(18)5-3-11;1-10-3-2-4-11(7-10)9-22-17-14-8-12(18)5-6-13(14)15(19)16(21)20-17;1-11-16(19)14-8-7-13(18)9-15(14)17(20-11)21-10-12-5-3-2-4-6-12/h1,3-10H,11H2,(H,20,21);2-8H,9H2,1H3;2-8H,9H2,1H3,(H,20,21);2-9H,10H2,1H3. The lowest BCUT2D eigenvalue weighted by Gasteiger charge is -2.10. The van der Waals surface area contributed by atoms with Gasteiger partial charge in [-0.1, -0.05) is 232 Å². The van der Waals surface area contributed by atoms with E-state index in [1.54, 1.807) is 59.2 Å². The molecule has 18 heteroatoms. The average molecular weight is 1380 g/mol. The lowest BCUT2D eigenvalue weighted by atomic mass is 10.1. The fourth-order valence-corrected chi connectivity index (χ4v) is 14.5. The van der Waals surface area contributed by atoms with E-state index < -0.39 is 0 Å². The smallest absolute Gasteiger partial charge is 0.268 e. The molecule has 0 aliphatic carbocycles. The predicted molar refractivity (Wildman–Crippen MR) is 379 cm³/mol. The van der Waals surface area contributed by atoms with Crippen LogP contribution in [-0.2, 0) is 23.0 Å². The third-order valence-corrected chi connectivity index (χ3v) is 20.3. The van der Waals surface area contributed by atoms with E-state index in [0.717, 1.165) is 108 Å². The first-order valence-electron chi connectivity index (χ1n) is 26.7. The number of aromatic amines is 2. The third kappa shape index (κ3) is 17.2. The van der Waals surface area contributed by atoms with Gasteiger partial charge in [-0.25, -0.2) is 9.97 Å². The minimum absolute atomic E-state index is 0.201. The normalized spacial score (nSPS) is 10.9. The van der Waals surface area contributed by atoms with Gasteiger partial charge in [-0.2, -0.15) is 0 Å². The number of terminal acetylenes is 1. The van der Waals surface area contributed by atoms with Crippen LogP contribution in [0.25, 0.3) is 43.1 Å². The molecule has 4 heterocycles. The van der Waals surface area contributed by atoms with Crippen LogP contribution in [0.5, 0.6) is 0 Å². The zero-order chi connectivity index (χ0) is 61.7. The van der Waals surface area contributed by atoms with Crippen LogP contribution in [-0.4, -0.2) is 19.9 Å². The van der Waals surface area contributed by atoms with Gasteiger partial charge in [0, 0.05) is 91.8 Å². The summed E-state index contributed by atoms with van der Waals surface area (Å²) >= 11 is 55.6. The van der Waals surface area contributed by atoms with E-state index in [9.17, 15) is 9.59 Å². The summed E-state index contributed by atoms with van der Waals surface area (Å²) in [7, 11) is 0. The molecule has 0 unspecified atom stereocenters. The number of aromatic nitrogens is 4. The van der Waals surface area contributed by atoms with Crippen molar-refractivity contribution in [2.75, 3.05) is 0 Å². The van der Waals surface area contributed by atoms with Gasteiger partial charge < -0.3 is 9.97 Å². The second kappa shape index (κ2) is 31.1. The highest BCUT2D eigenvalue weighted by Crippen LogP contribution is 2.39. The molecule has 0 spiro atoms. The molecule has 438 valence electrons. The molecule has 0 aliphatic rings. The van der Waals surface area contributed by atoms with E-state index in [1.165, 1.54) is 22.3 Å². The highest BCUT2D eigenvalue weighted by molar-refractivity contribution is 7.99. The quantitative estimate of drug-likeness (QED) is 0.0923. The van der Waals surface area contributed by atoms with Gasteiger partial charge in [0.1, 0.15) is 20.1 Å². The molecule has 87 heavy (non-hydrogen) atoms. The first-order chi connectivity index (χ1) is 41.9. The highest BCUT2D eigenvalue weighted by atomic mass is 35.5. The Morgan fingerprint density at radius 3 is 1.37 bits per heavy atom. The Kier molecular flexibility index (Phi) is 23.5. The summed E-state index contributed by atoms with van der Waals surface area (Å²) in [5, 5.41) is 15.3. The Hall–Kier alpha value is -5.72. The zero-order valence-electron chi connectivity index (χ0n) is 46.6. The van der Waals surface area contributed by atoms with Crippen molar-refractivity contribution in [3.05, 3.63) is 288 Å². The molecule has 8 aromatic carbocycles. The van der Waals surface area contributed by atoms with Crippen LogP contribution in [0, 0.1) is 33.1 Å². The number of fused-ring (bicyclic) bond motifs is 4. The number of rotatable bonds is 12. The van der Waals surface area contributed by atoms with Gasteiger partial charge in [0.15, 0.2) is 0 Å². The van der Waals surface area contributed by atoms with Crippen LogP contribution < -0.4 is 11.1 Å². The Morgan fingerprint density at radius 1 is 0.391 bits per heavy atom. The molecule has 0 fully saturated rings. The number of aryl methyl sites for hydroxylation is 3. The Balaban J connectivity index is 0.000000138. The largest absolute Gasteiger partial charge is 0.315 e. The van der Waals surface area contributed by atoms with Gasteiger partial charge in [-0.15, -0.1) is 53.5 Å². The molecule has 0 radical (unpaired) electrons. The molecule has 12 aromatic rings. The van der Waals surface area contributed by atoms with Crippen molar-refractivity contribution < 1.29 is 0 Å². The molecule has 6 nitrogen and oxygen atoms in total. The fraction of sp³-hybridized carbons (Fsp3) is 0.101. The Morgan fingerprint density at radius 2 is 0.816 bits per heavy atom. The van der Waals surface area contributed by atoms with E-state index >= 15 is 0 Å². The first kappa shape index (κ1) is 65.7. The minimum Gasteiger partial charge on any atom is -0.315 e. The molecular weight excluding hydrogens is 1330 g/mol. The van der Waals surface area contributed by atoms with Gasteiger partial charge in [0.25, 0.3) is 11.1 Å². The molecule has 0 bridgehead atoms. The number of pyridine rings is 4. The van der Waals surface area contributed by atoms with Crippen LogP contribution >= 0.6 is 140 Å². The minimum atomic E-state index is -0.275. The topological polar surface area (TPSA) is 91.5 Å². The third-order valence-electron chi connectivity index (χ3n) is 13.3. The number of hydrogen-bond acceptors (Lipinski definition) is 8. The molecule has 0 aliphatic heterocycles. The van der Waals surface area contributed by atoms with Crippen molar-refractivity contribution in [3.63, 3.8) is 0 Å². The SMILES string of the molecule is C#Cc1ccccc1CSc1[nH]c(=O)c(Cl)c2ccccc12.Cc1cccc(CSc2[nH]c(=O)c(Cl)c3ccc(Cl)cc23)c1.Cc1nc(SCc2ccc(Cl)cc2)c2cc(Cl)ccc2c1Cl.Cc1nc(SCc2ccccc2)c2cc(Cl)ccc2c1Cl. The molecule has 0 atom stereocenters. The number of nitrogens with one attached hydrogen (secondary N) is 2. The van der Waals surface area contributed by atoms with E-state index in [0.29, 0.717) is 30.9 Å². The molecule has 2 N–H and O–H groups in total. The molecule has 0 saturated carbocycles. The van der Waals surface area contributed by atoms with E-state index in [-0.39, 0.29) is 21.2 Å². The summed E-state index contributed by atoms with van der Waals surface area (Å²) in [6, 6.07) is 58.7. The molecule has 0 saturated heterocycles. The number of benzene rings is 8. The van der Waals surface area contributed by atoms with Crippen LogP contribution in [0.2, 0.25) is 40.2 Å². The second-order valence-electron chi connectivity index (χ2n) is 19.5. The van der Waals surface area contributed by atoms with Crippen LogP contribution in [0.15, 0.2) is 212 Å². The number of thioether (sulfide) groups is 4. The monoisotopic (exact) mass is 1370 g/mol. The lowest BCUT2D eigenvalue weighted by molar-refractivity contribution is 1.10. The van der Waals surface area contributed by atoms with Crippen molar-refractivity contribution in [1.29, 1.82) is 0 Å². The second-order valence-corrected chi connectivity index (χ2v) is 26.7. The maximum Gasteiger partial charge on any atom is 0.268 e. The van der Waals surface area contributed by atoms with Crippen LogP contribution in [0.3, 0.4) is 0 Å². The van der Waals surface area contributed by atoms with Crippen molar-refractivity contribution in [2.45, 2.75) is 63.9 Å². The van der Waals surface area contributed by atoms with E-state index in [2.05, 4.69) is 63.1 Å². The summed E-state index contributed by atoms with van der Waals surface area (Å²) in [5.74, 6) is 5.81. The molecular formula is C69H50Cl8N4O2S4. The summed E-state index contributed by atoms with van der Waals surface area (Å²) < 4.78 is 0. The van der Waals surface area contributed by atoms with Gasteiger partial charge >= 0.3 is 0 Å². The van der Waals surface area contributed by atoms with Crippen molar-refractivity contribution in [1.82, 2.24) is 19.9 Å². The number of halogens is 8. The van der Waals surface area contributed by atoms with E-state index in [1.807, 2.05) is 153 Å². The maximum atomic E-state index is 12.0. The van der Waals surface area contributed by atoms with E-state index in [4.69, 9.17) is 99.2 Å². The predicted octanol–water partition coefficient (Wildman–Crippen LogP) is 22.8. The number of H-pyrrole nitrogens is 2. The summed E-state index contributed by atoms with van der Waals surface area (Å²) in [6.07, 6.45) is 5.52. The van der Waals surface area contributed by atoms with Gasteiger partial charge in [0.05, 0.1) is 31.5 Å². The summed E-state index contributed by atoms with van der Waals surface area (Å²) in [4.78, 5) is 38.9. The average Bonchev–Trinajstić information content (AvgIpc) is 3.39. The summed E-state index contributed by atoms with van der Waals surface area (Å²) in [5.41, 5.74) is 7.96. The Bertz CT molecular complexity index is 4640. The zero-order valence-corrected chi connectivity index (χ0v) is 55.9. The number of hydrogen-bond donors (Lipinski definition) is 2. The highest BCUT2D eigenvalue weighted by Gasteiger charge is 2.16. The Labute approximate surface area is 561 Å². The molecule has 12 rings (SSSR count). The van der Waals surface area contributed by atoms with Gasteiger partial charge in [-0.3, -0.25) is 9.59 Å². The van der Waals surface area contributed by atoms with Crippen molar-refractivity contribution in [3.8, 4) is 12.3 Å². The van der Waals surface area contributed by atoms with Crippen molar-refractivity contribution >= 4 is 183 Å². The first-order valence-corrected chi connectivity index (χ1v) is 33.6. The van der Waals surface area contributed by atoms with Crippen LogP contribution in [0.1, 0.15) is 44.8 Å². The molecule has 4 aromatic heterocycles. The maximum absolute atomic E-state index is 12.0. The molecule has 0 amide bonds. The van der Waals surface area contributed by atoms with Crippen molar-refractivity contribution in [2.24, 2.45) is 0 Å². The fourth-order valence-electron chi connectivity index (χ4n) is 8.95. The van der Waals surface area contributed by atoms with Gasteiger partial charge in [0.2, 0.25) is 0 Å².